The maximum absolute atomic E-state index is 11.2. The highest BCUT2D eigenvalue weighted by Gasteiger charge is 2.07. The minimum Gasteiger partial charge on any atom is -0.317 e. The highest BCUT2D eigenvalue weighted by Crippen LogP contribution is 2.11. The second-order valence-corrected chi connectivity index (χ2v) is 5.47. The van der Waals surface area contributed by atoms with Crippen molar-refractivity contribution in [1.29, 1.82) is 0 Å². The molecule has 0 unspecified atom stereocenters. The fourth-order valence-corrected chi connectivity index (χ4v) is 2.70. The van der Waals surface area contributed by atoms with Crippen LogP contribution in [0.2, 0.25) is 0 Å². The van der Waals surface area contributed by atoms with Crippen LogP contribution in [0.3, 0.4) is 0 Å². The molecule has 2 heterocycles. The van der Waals surface area contributed by atoms with Crippen molar-refractivity contribution in [1.82, 2.24) is 14.9 Å². The molecule has 0 amide bonds. The van der Waals surface area contributed by atoms with Gasteiger partial charge in [-0.3, -0.25) is 9.78 Å². The molecule has 2 rings (SSSR count). The molecule has 0 atom stereocenters. The number of H-pyrrole nitrogens is 1. The summed E-state index contributed by atoms with van der Waals surface area (Å²) >= 11 is 1.30. The van der Waals surface area contributed by atoms with E-state index >= 15 is 0 Å². The van der Waals surface area contributed by atoms with E-state index in [-0.39, 0.29) is 4.87 Å². The van der Waals surface area contributed by atoms with Gasteiger partial charge in [-0.05, 0) is 38.1 Å². The van der Waals surface area contributed by atoms with E-state index in [9.17, 15) is 4.79 Å². The Hall–Kier alpha value is -1.46. The van der Waals surface area contributed by atoms with Crippen molar-refractivity contribution >= 4 is 11.3 Å². The second-order valence-electron chi connectivity index (χ2n) is 4.41. The number of hydrogen-bond donors (Lipinski definition) is 1. The molecule has 0 aliphatic heterocycles. The first kappa shape index (κ1) is 13.0. The summed E-state index contributed by atoms with van der Waals surface area (Å²) in [4.78, 5) is 21.4. The lowest BCUT2D eigenvalue weighted by Gasteiger charge is -2.15. The van der Waals surface area contributed by atoms with E-state index in [1.54, 1.807) is 0 Å². The smallest absolute Gasteiger partial charge is 0.304 e. The molecule has 0 spiro atoms. The Morgan fingerprint density at radius 3 is 2.72 bits per heavy atom. The molecule has 18 heavy (non-hydrogen) atoms. The van der Waals surface area contributed by atoms with E-state index in [1.807, 2.05) is 31.5 Å². The van der Waals surface area contributed by atoms with Gasteiger partial charge in [-0.2, -0.15) is 0 Å². The highest BCUT2D eigenvalue weighted by atomic mass is 32.1. The number of nitrogens with one attached hydrogen (secondary N) is 1. The number of nitrogens with zero attached hydrogens (tertiary/aromatic N) is 2. The first-order valence-corrected chi connectivity index (χ1v) is 6.73. The third kappa shape index (κ3) is 3.51. The summed E-state index contributed by atoms with van der Waals surface area (Å²) in [5.74, 6) is 0. The fraction of sp³-hybridized carbons (Fsp3) is 0.385. The zero-order valence-corrected chi connectivity index (χ0v) is 11.5. The Morgan fingerprint density at radius 2 is 2.11 bits per heavy atom. The van der Waals surface area contributed by atoms with Crippen LogP contribution in [0.15, 0.2) is 29.3 Å². The zero-order valence-electron chi connectivity index (χ0n) is 10.6. The molecule has 0 aliphatic rings. The number of pyridine rings is 1. The van der Waals surface area contributed by atoms with Crippen molar-refractivity contribution in [3.8, 4) is 0 Å². The topological polar surface area (TPSA) is 49.0 Å². The van der Waals surface area contributed by atoms with Crippen LogP contribution in [0, 0.1) is 6.92 Å². The van der Waals surface area contributed by atoms with E-state index in [0.717, 1.165) is 30.1 Å². The van der Waals surface area contributed by atoms with Gasteiger partial charge in [-0.1, -0.05) is 11.3 Å². The Balaban J connectivity index is 1.87. The van der Waals surface area contributed by atoms with Crippen molar-refractivity contribution in [2.24, 2.45) is 0 Å². The molecule has 0 fully saturated rings. The van der Waals surface area contributed by atoms with Crippen LogP contribution in [0.5, 0.6) is 0 Å². The summed E-state index contributed by atoms with van der Waals surface area (Å²) in [5, 5.41) is 0. The fourth-order valence-electron chi connectivity index (χ4n) is 1.78. The third-order valence-corrected chi connectivity index (χ3v) is 3.84. The van der Waals surface area contributed by atoms with E-state index in [0.29, 0.717) is 0 Å². The summed E-state index contributed by atoms with van der Waals surface area (Å²) in [6.45, 7) is 3.74. The minimum atomic E-state index is 0.0324. The maximum atomic E-state index is 11.2. The van der Waals surface area contributed by atoms with Crippen LogP contribution in [-0.4, -0.2) is 28.5 Å². The number of hydrogen-bond acceptors (Lipinski definition) is 4. The lowest BCUT2D eigenvalue weighted by molar-refractivity contribution is 0.333. The average Bonchev–Trinajstić information content (AvgIpc) is 2.67. The molecule has 96 valence electrons. The van der Waals surface area contributed by atoms with Gasteiger partial charge in [0.05, 0.1) is 0 Å². The number of rotatable bonds is 5. The number of thiazole rings is 1. The van der Waals surface area contributed by atoms with Crippen LogP contribution in [-0.2, 0) is 13.0 Å². The minimum absolute atomic E-state index is 0.0324. The quantitative estimate of drug-likeness (QED) is 0.895. The number of likely N-dealkylation sites (N-methyl/N-ethyl adjacent to an activating group) is 1. The molecular weight excluding hydrogens is 246 g/mol. The lowest BCUT2D eigenvalue weighted by atomic mass is 10.2. The monoisotopic (exact) mass is 263 g/mol. The van der Waals surface area contributed by atoms with Gasteiger partial charge in [-0.25, -0.2) is 0 Å². The molecule has 0 saturated carbocycles. The van der Waals surface area contributed by atoms with Crippen molar-refractivity contribution in [3.05, 3.63) is 50.3 Å². The van der Waals surface area contributed by atoms with Crippen LogP contribution >= 0.6 is 11.3 Å². The van der Waals surface area contributed by atoms with Gasteiger partial charge in [-0.15, -0.1) is 0 Å². The van der Waals surface area contributed by atoms with Gasteiger partial charge in [0.2, 0.25) is 0 Å². The maximum Gasteiger partial charge on any atom is 0.304 e. The zero-order chi connectivity index (χ0) is 13.0. The van der Waals surface area contributed by atoms with Gasteiger partial charge < -0.3 is 9.88 Å². The summed E-state index contributed by atoms with van der Waals surface area (Å²) < 4.78 is 0. The molecule has 0 saturated heterocycles. The predicted octanol–water partition coefficient (Wildman–Crippen LogP) is 1.81. The van der Waals surface area contributed by atoms with Gasteiger partial charge in [0, 0.05) is 36.1 Å². The van der Waals surface area contributed by atoms with E-state index < -0.39 is 0 Å². The molecule has 2 aromatic rings. The largest absolute Gasteiger partial charge is 0.317 e. The predicted molar refractivity (Wildman–Crippen MR) is 74.0 cm³/mol. The van der Waals surface area contributed by atoms with Gasteiger partial charge in [0.15, 0.2) is 0 Å². The molecule has 0 aromatic carbocycles. The van der Waals surface area contributed by atoms with E-state index in [2.05, 4.69) is 21.9 Å². The van der Waals surface area contributed by atoms with E-state index in [4.69, 9.17) is 0 Å². The first-order chi connectivity index (χ1) is 8.65. The van der Waals surface area contributed by atoms with Gasteiger partial charge in [0.25, 0.3) is 0 Å². The number of aryl methyl sites for hydroxylation is 1. The Kier molecular flexibility index (Phi) is 4.28. The van der Waals surface area contributed by atoms with Crippen LogP contribution in [0.1, 0.15) is 16.1 Å². The summed E-state index contributed by atoms with van der Waals surface area (Å²) in [6.07, 6.45) is 4.63. The highest BCUT2D eigenvalue weighted by molar-refractivity contribution is 7.09. The molecule has 2 aromatic heterocycles. The average molecular weight is 263 g/mol. The van der Waals surface area contributed by atoms with Crippen LogP contribution in [0.4, 0.5) is 0 Å². The lowest BCUT2D eigenvalue weighted by Crippen LogP contribution is -2.20. The molecule has 5 heteroatoms. The van der Waals surface area contributed by atoms with Crippen LogP contribution in [0.25, 0.3) is 0 Å². The second kappa shape index (κ2) is 5.93. The normalized spacial score (nSPS) is 11.1. The standard InChI is InChI=1S/C13H17N3OS/c1-10-12(18-13(17)15-10)9-16(2)8-5-11-3-6-14-7-4-11/h3-4,6-7H,5,8-9H2,1-2H3,(H,15,17). The van der Waals surface area contributed by atoms with Crippen LogP contribution < -0.4 is 4.87 Å². The summed E-state index contributed by atoms with van der Waals surface area (Å²) in [7, 11) is 2.07. The van der Waals surface area contributed by atoms with Gasteiger partial charge >= 0.3 is 4.87 Å². The van der Waals surface area contributed by atoms with E-state index in [1.165, 1.54) is 16.9 Å². The van der Waals surface area contributed by atoms with Crippen molar-refractivity contribution in [2.45, 2.75) is 19.9 Å². The third-order valence-electron chi connectivity index (χ3n) is 2.87. The molecule has 0 bridgehead atoms. The number of aromatic nitrogens is 2. The van der Waals surface area contributed by atoms with Crippen molar-refractivity contribution in [3.63, 3.8) is 0 Å². The molecular formula is C13H17N3OS. The van der Waals surface area contributed by atoms with Crippen molar-refractivity contribution < 1.29 is 0 Å². The first-order valence-electron chi connectivity index (χ1n) is 5.91. The Labute approximate surface area is 110 Å². The molecule has 0 radical (unpaired) electrons. The Bertz CT molecular complexity index is 547. The summed E-state index contributed by atoms with van der Waals surface area (Å²) in [5.41, 5.74) is 2.27. The summed E-state index contributed by atoms with van der Waals surface area (Å²) in [6, 6.07) is 4.07. The SMILES string of the molecule is Cc1[nH]c(=O)sc1CN(C)CCc1ccncc1. The molecule has 1 N–H and O–H groups in total. The van der Waals surface area contributed by atoms with Crippen molar-refractivity contribution in [2.75, 3.05) is 13.6 Å². The molecule has 4 nitrogen and oxygen atoms in total. The number of aromatic amines is 1. The Morgan fingerprint density at radius 1 is 1.39 bits per heavy atom. The van der Waals surface area contributed by atoms with Gasteiger partial charge in [0.1, 0.15) is 0 Å². The molecule has 0 aliphatic carbocycles.